The second-order valence-electron chi connectivity index (χ2n) is 4.30. The fraction of sp³-hybridized carbons (Fsp3) is 0.188. The van der Waals surface area contributed by atoms with Gasteiger partial charge < -0.3 is 4.84 Å². The van der Waals surface area contributed by atoms with Crippen molar-refractivity contribution in [2.24, 2.45) is 5.16 Å². The summed E-state index contributed by atoms with van der Waals surface area (Å²) in [7, 11) is 0. The molecule has 20 heavy (non-hydrogen) atoms. The molecule has 0 aromatic heterocycles. The third kappa shape index (κ3) is 4.26. The summed E-state index contributed by atoms with van der Waals surface area (Å²) < 4.78 is 0. The average molecular weight is 308 g/mol. The molecule has 2 rings (SSSR count). The number of halogens is 2. The SMILES string of the molecule is CCC(=NOCc1ccc(Cl)cc1)c1cccc(Cl)c1. The highest BCUT2D eigenvalue weighted by atomic mass is 35.5. The van der Waals surface area contributed by atoms with Crippen LogP contribution in [0.4, 0.5) is 0 Å². The first kappa shape index (κ1) is 14.9. The van der Waals surface area contributed by atoms with Crippen LogP contribution in [-0.2, 0) is 11.4 Å². The molecule has 0 heterocycles. The number of benzene rings is 2. The van der Waals surface area contributed by atoms with Gasteiger partial charge in [0.15, 0.2) is 0 Å². The van der Waals surface area contributed by atoms with Crippen LogP contribution in [0.15, 0.2) is 53.7 Å². The van der Waals surface area contributed by atoms with Crippen LogP contribution in [0.1, 0.15) is 24.5 Å². The minimum absolute atomic E-state index is 0.418. The maximum atomic E-state index is 5.98. The van der Waals surface area contributed by atoms with Crippen molar-refractivity contribution in [3.63, 3.8) is 0 Å². The average Bonchev–Trinajstić information content (AvgIpc) is 2.45. The molecule has 0 saturated heterocycles. The summed E-state index contributed by atoms with van der Waals surface area (Å²) in [4.78, 5) is 5.41. The lowest BCUT2D eigenvalue weighted by Gasteiger charge is -2.05. The standard InChI is InChI=1S/C16H15Cl2NO/c1-2-16(13-4-3-5-15(18)10-13)19-20-11-12-6-8-14(17)9-7-12/h3-10H,2,11H2,1H3. The fourth-order valence-corrected chi connectivity index (χ4v) is 2.07. The van der Waals surface area contributed by atoms with Crippen molar-refractivity contribution >= 4 is 28.9 Å². The Morgan fingerprint density at radius 1 is 1.05 bits per heavy atom. The van der Waals surface area contributed by atoms with Crippen molar-refractivity contribution in [3.8, 4) is 0 Å². The van der Waals surface area contributed by atoms with Crippen molar-refractivity contribution in [3.05, 3.63) is 69.7 Å². The van der Waals surface area contributed by atoms with Crippen LogP contribution in [0.3, 0.4) is 0 Å². The smallest absolute Gasteiger partial charge is 0.142 e. The minimum atomic E-state index is 0.418. The molecule has 0 bridgehead atoms. The third-order valence-corrected chi connectivity index (χ3v) is 3.30. The number of nitrogens with zero attached hydrogens (tertiary/aromatic N) is 1. The van der Waals surface area contributed by atoms with E-state index in [0.29, 0.717) is 16.7 Å². The summed E-state index contributed by atoms with van der Waals surface area (Å²) in [5.41, 5.74) is 2.89. The molecule has 2 aromatic rings. The van der Waals surface area contributed by atoms with E-state index in [1.165, 1.54) is 0 Å². The van der Waals surface area contributed by atoms with Crippen LogP contribution in [0.5, 0.6) is 0 Å². The van der Waals surface area contributed by atoms with E-state index in [0.717, 1.165) is 23.3 Å². The van der Waals surface area contributed by atoms with Gasteiger partial charge >= 0.3 is 0 Å². The molecule has 0 saturated carbocycles. The number of oxime groups is 1. The molecule has 104 valence electrons. The van der Waals surface area contributed by atoms with Gasteiger partial charge in [0.2, 0.25) is 0 Å². The van der Waals surface area contributed by atoms with E-state index in [2.05, 4.69) is 5.16 Å². The summed E-state index contributed by atoms with van der Waals surface area (Å²) >= 11 is 11.8. The van der Waals surface area contributed by atoms with Crippen LogP contribution in [0.2, 0.25) is 10.0 Å². The van der Waals surface area contributed by atoms with Gasteiger partial charge in [-0.1, -0.05) is 59.5 Å². The van der Waals surface area contributed by atoms with Crippen LogP contribution in [0.25, 0.3) is 0 Å². The van der Waals surface area contributed by atoms with Gasteiger partial charge in [0.25, 0.3) is 0 Å². The van der Waals surface area contributed by atoms with Crippen molar-refractivity contribution in [2.45, 2.75) is 20.0 Å². The highest BCUT2D eigenvalue weighted by Crippen LogP contribution is 2.14. The third-order valence-electron chi connectivity index (χ3n) is 2.81. The first-order valence-electron chi connectivity index (χ1n) is 6.38. The Balaban J connectivity index is 2.03. The molecule has 0 fully saturated rings. The molecule has 0 N–H and O–H groups in total. The minimum Gasteiger partial charge on any atom is -0.391 e. The Morgan fingerprint density at radius 3 is 2.45 bits per heavy atom. The van der Waals surface area contributed by atoms with E-state index in [1.54, 1.807) is 0 Å². The Morgan fingerprint density at radius 2 is 1.80 bits per heavy atom. The van der Waals surface area contributed by atoms with E-state index in [-0.39, 0.29) is 0 Å². The summed E-state index contributed by atoms with van der Waals surface area (Å²) in [5, 5.41) is 5.61. The second kappa shape index (κ2) is 7.32. The number of hydrogen-bond acceptors (Lipinski definition) is 2. The molecule has 0 atom stereocenters. The van der Waals surface area contributed by atoms with Crippen LogP contribution >= 0.6 is 23.2 Å². The molecule has 2 aromatic carbocycles. The Bertz CT molecular complexity index is 594. The Kier molecular flexibility index (Phi) is 5.45. The lowest BCUT2D eigenvalue weighted by molar-refractivity contribution is 0.130. The summed E-state index contributed by atoms with van der Waals surface area (Å²) in [5.74, 6) is 0. The molecule has 0 spiro atoms. The van der Waals surface area contributed by atoms with Gasteiger partial charge in [-0.25, -0.2) is 0 Å². The monoisotopic (exact) mass is 307 g/mol. The second-order valence-corrected chi connectivity index (χ2v) is 5.17. The van der Waals surface area contributed by atoms with E-state index in [1.807, 2.05) is 55.5 Å². The predicted molar refractivity (Wildman–Crippen MR) is 84.5 cm³/mol. The van der Waals surface area contributed by atoms with Crippen LogP contribution in [0, 0.1) is 0 Å². The van der Waals surface area contributed by atoms with Crippen molar-refractivity contribution in [1.29, 1.82) is 0 Å². The lowest BCUT2D eigenvalue weighted by atomic mass is 10.1. The fourth-order valence-electron chi connectivity index (χ4n) is 1.75. The normalized spacial score (nSPS) is 11.4. The van der Waals surface area contributed by atoms with E-state index < -0.39 is 0 Å². The summed E-state index contributed by atoms with van der Waals surface area (Å²) in [6.07, 6.45) is 0.779. The molecule has 0 aliphatic rings. The van der Waals surface area contributed by atoms with Crippen molar-refractivity contribution in [2.75, 3.05) is 0 Å². The van der Waals surface area contributed by atoms with Crippen molar-refractivity contribution < 1.29 is 4.84 Å². The number of hydrogen-bond donors (Lipinski definition) is 0. The molecular weight excluding hydrogens is 293 g/mol. The van der Waals surface area contributed by atoms with Gasteiger partial charge in [-0.05, 0) is 36.2 Å². The van der Waals surface area contributed by atoms with Gasteiger partial charge in [0.1, 0.15) is 6.61 Å². The summed E-state index contributed by atoms with van der Waals surface area (Å²) in [6.45, 7) is 2.45. The summed E-state index contributed by atoms with van der Waals surface area (Å²) in [6, 6.07) is 15.1. The van der Waals surface area contributed by atoms with Gasteiger partial charge in [0.05, 0.1) is 5.71 Å². The zero-order valence-corrected chi connectivity index (χ0v) is 12.7. The first-order valence-corrected chi connectivity index (χ1v) is 7.14. The van der Waals surface area contributed by atoms with Gasteiger partial charge in [-0.3, -0.25) is 0 Å². The topological polar surface area (TPSA) is 21.6 Å². The number of rotatable bonds is 5. The predicted octanol–water partition coefficient (Wildman–Crippen LogP) is 5.32. The van der Waals surface area contributed by atoms with Gasteiger partial charge in [-0.15, -0.1) is 0 Å². The lowest BCUT2D eigenvalue weighted by Crippen LogP contribution is -2.00. The maximum Gasteiger partial charge on any atom is 0.142 e. The Labute approximate surface area is 129 Å². The van der Waals surface area contributed by atoms with Gasteiger partial charge in [-0.2, -0.15) is 0 Å². The maximum absolute atomic E-state index is 5.98. The van der Waals surface area contributed by atoms with E-state index >= 15 is 0 Å². The molecule has 0 aliphatic heterocycles. The highest BCUT2D eigenvalue weighted by Gasteiger charge is 2.03. The molecular formula is C16H15Cl2NO. The quantitative estimate of drug-likeness (QED) is 0.541. The largest absolute Gasteiger partial charge is 0.391 e. The van der Waals surface area contributed by atoms with Crippen molar-refractivity contribution in [1.82, 2.24) is 0 Å². The molecule has 0 radical (unpaired) electrons. The van der Waals surface area contributed by atoms with Gasteiger partial charge in [0, 0.05) is 15.6 Å². The van der Waals surface area contributed by atoms with E-state index in [4.69, 9.17) is 28.0 Å². The molecule has 2 nitrogen and oxygen atoms in total. The molecule has 4 heteroatoms. The molecule has 0 aliphatic carbocycles. The first-order chi connectivity index (χ1) is 9.69. The molecule has 0 unspecified atom stereocenters. The van der Waals surface area contributed by atoms with Crippen LogP contribution < -0.4 is 0 Å². The van der Waals surface area contributed by atoms with Crippen LogP contribution in [-0.4, -0.2) is 5.71 Å². The van der Waals surface area contributed by atoms with E-state index in [9.17, 15) is 0 Å². The zero-order chi connectivity index (χ0) is 14.4. The molecule has 0 amide bonds. The zero-order valence-electron chi connectivity index (χ0n) is 11.1. The highest BCUT2D eigenvalue weighted by molar-refractivity contribution is 6.31. The Hall–Kier alpha value is -1.51.